The molecule has 0 aliphatic carbocycles. The van der Waals surface area contributed by atoms with Crippen LogP contribution in [0.15, 0.2) is 21.2 Å². The number of carbonyl (C=O) groups excluding carboxylic acids is 1. The molecule has 5 heteroatoms. The first-order valence-corrected chi connectivity index (χ1v) is 5.10. The highest BCUT2D eigenvalue weighted by Crippen LogP contribution is 2.20. The van der Waals surface area contributed by atoms with Crippen molar-refractivity contribution in [2.75, 3.05) is 7.11 Å². The first-order chi connectivity index (χ1) is 6.13. The van der Waals surface area contributed by atoms with Gasteiger partial charge >= 0.3 is 5.97 Å². The average molecular weight is 309 g/mol. The number of halogens is 2. The predicted molar refractivity (Wildman–Crippen MR) is 55.4 cm³/mol. The topological polar surface area (TPSA) is 39.2 Å². The molecule has 0 saturated heterocycles. The fourth-order valence-corrected chi connectivity index (χ4v) is 1.35. The van der Waals surface area contributed by atoms with Gasteiger partial charge in [-0.1, -0.05) is 0 Å². The number of aromatic nitrogens is 1. The molecule has 0 radical (unpaired) electrons. The van der Waals surface area contributed by atoms with Gasteiger partial charge < -0.3 is 4.74 Å². The number of hydrogen-bond donors (Lipinski definition) is 0. The van der Waals surface area contributed by atoms with Crippen molar-refractivity contribution in [2.45, 2.75) is 6.42 Å². The molecule has 1 heterocycles. The lowest BCUT2D eigenvalue weighted by Crippen LogP contribution is -2.06. The minimum Gasteiger partial charge on any atom is -0.469 e. The highest BCUT2D eigenvalue weighted by Gasteiger charge is 2.05. The highest BCUT2D eigenvalue weighted by molar-refractivity contribution is 9.13. The molecule has 0 N–H and O–H groups in total. The number of nitrogens with zero attached hydrogens (tertiary/aromatic N) is 1. The van der Waals surface area contributed by atoms with Gasteiger partial charge in [0.2, 0.25) is 0 Å². The lowest BCUT2D eigenvalue weighted by molar-refractivity contribution is -0.139. The van der Waals surface area contributed by atoms with Gasteiger partial charge in [-0.3, -0.25) is 4.79 Å². The molecule has 13 heavy (non-hydrogen) atoms. The van der Waals surface area contributed by atoms with E-state index >= 15 is 0 Å². The summed E-state index contributed by atoms with van der Waals surface area (Å²) >= 11 is 6.53. The molecule has 1 aromatic heterocycles. The van der Waals surface area contributed by atoms with Crippen LogP contribution in [0, 0.1) is 0 Å². The molecule has 0 aliphatic rings. The number of hydrogen-bond acceptors (Lipinski definition) is 3. The zero-order valence-electron chi connectivity index (χ0n) is 6.88. The van der Waals surface area contributed by atoms with E-state index in [0.717, 1.165) is 4.47 Å². The standard InChI is InChI=1S/C8H7Br2NO2/c1-13-7(12)4-5-2-3-6(9)8(10)11-5/h2-3H,4H2,1H3. The van der Waals surface area contributed by atoms with Crippen molar-refractivity contribution in [3.8, 4) is 0 Å². The Bertz CT molecular complexity index is 328. The van der Waals surface area contributed by atoms with E-state index in [0.29, 0.717) is 10.3 Å². The molecule has 0 fully saturated rings. The number of methoxy groups -OCH3 is 1. The van der Waals surface area contributed by atoms with Crippen molar-refractivity contribution in [1.29, 1.82) is 0 Å². The van der Waals surface area contributed by atoms with Crippen molar-refractivity contribution in [3.05, 3.63) is 26.9 Å². The molecule has 0 saturated carbocycles. The summed E-state index contributed by atoms with van der Waals surface area (Å²) in [6.45, 7) is 0. The van der Waals surface area contributed by atoms with Gasteiger partial charge in [-0.2, -0.15) is 0 Å². The molecule has 0 spiro atoms. The second-order valence-corrected chi connectivity index (χ2v) is 3.93. The van der Waals surface area contributed by atoms with Crippen LogP contribution in [0.5, 0.6) is 0 Å². The minimum absolute atomic E-state index is 0.197. The fourth-order valence-electron chi connectivity index (χ4n) is 0.773. The van der Waals surface area contributed by atoms with E-state index in [4.69, 9.17) is 0 Å². The second-order valence-electron chi connectivity index (χ2n) is 2.33. The summed E-state index contributed by atoms with van der Waals surface area (Å²) in [4.78, 5) is 15.0. The SMILES string of the molecule is COC(=O)Cc1ccc(Br)c(Br)n1. The lowest BCUT2D eigenvalue weighted by Gasteiger charge is -2.00. The van der Waals surface area contributed by atoms with Crippen LogP contribution in [-0.2, 0) is 16.0 Å². The molecule has 70 valence electrons. The Labute approximate surface area is 92.8 Å². The van der Waals surface area contributed by atoms with E-state index in [9.17, 15) is 4.79 Å². The Morgan fingerprint density at radius 3 is 2.77 bits per heavy atom. The molecular weight excluding hydrogens is 302 g/mol. The van der Waals surface area contributed by atoms with Gasteiger partial charge in [-0.25, -0.2) is 4.98 Å². The maximum Gasteiger partial charge on any atom is 0.311 e. The fraction of sp³-hybridized carbons (Fsp3) is 0.250. The lowest BCUT2D eigenvalue weighted by atomic mass is 10.3. The molecule has 1 rings (SSSR count). The van der Waals surface area contributed by atoms with Crippen LogP contribution >= 0.6 is 31.9 Å². The minimum atomic E-state index is -0.290. The normalized spacial score (nSPS) is 9.77. The van der Waals surface area contributed by atoms with Gasteiger partial charge in [0, 0.05) is 0 Å². The van der Waals surface area contributed by atoms with Crippen LogP contribution in [-0.4, -0.2) is 18.1 Å². The van der Waals surface area contributed by atoms with Crippen LogP contribution in [0.1, 0.15) is 5.69 Å². The predicted octanol–water partition coefficient (Wildman–Crippen LogP) is 2.32. The number of esters is 1. The molecule has 0 aliphatic heterocycles. The smallest absolute Gasteiger partial charge is 0.311 e. The second kappa shape index (κ2) is 4.72. The van der Waals surface area contributed by atoms with E-state index in [2.05, 4.69) is 41.6 Å². The zero-order valence-corrected chi connectivity index (χ0v) is 10.1. The largest absolute Gasteiger partial charge is 0.469 e. The maximum absolute atomic E-state index is 10.9. The Morgan fingerprint density at radius 2 is 2.23 bits per heavy atom. The summed E-state index contributed by atoms with van der Waals surface area (Å²) in [6, 6.07) is 3.60. The summed E-state index contributed by atoms with van der Waals surface area (Å²) < 4.78 is 6.07. The summed E-state index contributed by atoms with van der Waals surface area (Å²) in [5.74, 6) is -0.290. The van der Waals surface area contributed by atoms with Gasteiger partial charge in [0.1, 0.15) is 4.60 Å². The molecular formula is C8H7Br2NO2. The van der Waals surface area contributed by atoms with Gasteiger partial charge in [-0.15, -0.1) is 0 Å². The highest BCUT2D eigenvalue weighted by atomic mass is 79.9. The quantitative estimate of drug-likeness (QED) is 0.622. The van der Waals surface area contributed by atoms with Crippen molar-refractivity contribution in [2.24, 2.45) is 0 Å². The van der Waals surface area contributed by atoms with Crippen LogP contribution in [0.3, 0.4) is 0 Å². The van der Waals surface area contributed by atoms with Crippen LogP contribution in [0.4, 0.5) is 0 Å². The molecule has 0 aromatic carbocycles. The third-order valence-corrected chi connectivity index (χ3v) is 3.19. The molecule has 0 atom stereocenters. The van der Waals surface area contributed by atoms with Crippen LogP contribution in [0.2, 0.25) is 0 Å². The first-order valence-electron chi connectivity index (χ1n) is 3.51. The molecule has 0 amide bonds. The van der Waals surface area contributed by atoms with Crippen molar-refractivity contribution in [3.63, 3.8) is 0 Å². The molecule has 0 unspecified atom stereocenters. The van der Waals surface area contributed by atoms with Gasteiger partial charge in [-0.05, 0) is 44.0 Å². The molecule has 1 aromatic rings. The third kappa shape index (κ3) is 3.08. The van der Waals surface area contributed by atoms with E-state index in [1.54, 1.807) is 6.07 Å². The summed E-state index contributed by atoms with van der Waals surface area (Å²) in [5.41, 5.74) is 0.682. The van der Waals surface area contributed by atoms with E-state index in [1.165, 1.54) is 7.11 Å². The monoisotopic (exact) mass is 307 g/mol. The number of carbonyl (C=O) groups is 1. The van der Waals surface area contributed by atoms with Gasteiger partial charge in [0.05, 0.1) is 23.7 Å². The van der Waals surface area contributed by atoms with Crippen molar-refractivity contribution < 1.29 is 9.53 Å². The Balaban J connectivity index is 2.79. The molecule has 0 bridgehead atoms. The van der Waals surface area contributed by atoms with Crippen molar-refractivity contribution >= 4 is 37.8 Å². The zero-order chi connectivity index (χ0) is 9.84. The van der Waals surface area contributed by atoms with Crippen molar-refractivity contribution in [1.82, 2.24) is 4.98 Å². The Hall–Kier alpha value is -0.420. The summed E-state index contributed by atoms with van der Waals surface area (Å²) in [6.07, 6.45) is 0.197. The van der Waals surface area contributed by atoms with E-state index in [-0.39, 0.29) is 12.4 Å². The van der Waals surface area contributed by atoms with E-state index < -0.39 is 0 Å². The Morgan fingerprint density at radius 1 is 1.54 bits per heavy atom. The Kier molecular flexibility index (Phi) is 3.87. The number of rotatable bonds is 2. The summed E-state index contributed by atoms with van der Waals surface area (Å²) in [5, 5.41) is 0. The number of ether oxygens (including phenoxy) is 1. The van der Waals surface area contributed by atoms with Crippen LogP contribution in [0.25, 0.3) is 0 Å². The summed E-state index contributed by atoms with van der Waals surface area (Å²) in [7, 11) is 1.36. The average Bonchev–Trinajstić information content (AvgIpc) is 2.11. The van der Waals surface area contributed by atoms with Crippen LogP contribution < -0.4 is 0 Å². The number of pyridine rings is 1. The van der Waals surface area contributed by atoms with Gasteiger partial charge in [0.15, 0.2) is 0 Å². The first kappa shape index (κ1) is 10.7. The molecule has 3 nitrogen and oxygen atoms in total. The maximum atomic E-state index is 10.9. The third-order valence-electron chi connectivity index (χ3n) is 1.41. The van der Waals surface area contributed by atoms with Gasteiger partial charge in [0.25, 0.3) is 0 Å². The van der Waals surface area contributed by atoms with E-state index in [1.807, 2.05) is 6.07 Å².